The first-order chi connectivity index (χ1) is 10.2. The molecule has 0 saturated heterocycles. The zero-order chi connectivity index (χ0) is 15.1. The highest BCUT2D eigenvalue weighted by atomic mass is 127. The number of hydrogen-bond acceptors (Lipinski definition) is 5. The predicted molar refractivity (Wildman–Crippen MR) is 96.1 cm³/mol. The Kier molecular flexibility index (Phi) is 7.78. The largest absolute Gasteiger partial charge is 0.370 e. The summed E-state index contributed by atoms with van der Waals surface area (Å²) in [5.74, 6) is 1.58. The second-order valence-corrected chi connectivity index (χ2v) is 4.39. The molecule has 0 saturated carbocycles. The van der Waals surface area contributed by atoms with Crippen LogP contribution in [0.3, 0.4) is 0 Å². The molecule has 2 heterocycles. The van der Waals surface area contributed by atoms with E-state index in [9.17, 15) is 0 Å². The van der Waals surface area contributed by atoms with Crippen LogP contribution in [0.15, 0.2) is 33.9 Å². The summed E-state index contributed by atoms with van der Waals surface area (Å²) in [5, 5.41) is 3.92. The van der Waals surface area contributed by atoms with E-state index in [0.29, 0.717) is 36.3 Å². The molecule has 0 bridgehead atoms. The van der Waals surface area contributed by atoms with Gasteiger partial charge in [-0.05, 0) is 26.0 Å². The lowest BCUT2D eigenvalue weighted by Gasteiger charge is -2.19. The van der Waals surface area contributed by atoms with Crippen molar-refractivity contribution in [3.05, 3.63) is 30.2 Å². The van der Waals surface area contributed by atoms with Gasteiger partial charge >= 0.3 is 0 Å². The van der Waals surface area contributed by atoms with Crippen molar-refractivity contribution in [1.82, 2.24) is 20.0 Å². The van der Waals surface area contributed by atoms with Crippen molar-refractivity contribution in [2.75, 3.05) is 19.6 Å². The van der Waals surface area contributed by atoms with Gasteiger partial charge in [0.15, 0.2) is 11.8 Å². The summed E-state index contributed by atoms with van der Waals surface area (Å²) in [4.78, 5) is 14.8. The molecule has 2 rings (SSSR count). The SMILES string of the molecule is CCN(CC)C(N)=NCCc1noc(-c2ccccn2)n1.I. The second-order valence-electron chi connectivity index (χ2n) is 4.39. The van der Waals surface area contributed by atoms with Crippen LogP contribution in [0.5, 0.6) is 0 Å². The van der Waals surface area contributed by atoms with E-state index in [-0.39, 0.29) is 24.0 Å². The summed E-state index contributed by atoms with van der Waals surface area (Å²) >= 11 is 0. The smallest absolute Gasteiger partial charge is 0.276 e. The monoisotopic (exact) mass is 416 g/mol. The lowest BCUT2D eigenvalue weighted by atomic mass is 10.3. The van der Waals surface area contributed by atoms with Gasteiger partial charge in [-0.15, -0.1) is 24.0 Å². The Morgan fingerprint density at radius 3 is 2.73 bits per heavy atom. The summed E-state index contributed by atoms with van der Waals surface area (Å²) in [7, 11) is 0. The van der Waals surface area contributed by atoms with Gasteiger partial charge in [0.05, 0.1) is 0 Å². The van der Waals surface area contributed by atoms with Crippen LogP contribution in [0, 0.1) is 0 Å². The van der Waals surface area contributed by atoms with Crippen LogP contribution in [0.2, 0.25) is 0 Å². The molecular weight excluding hydrogens is 395 g/mol. The second kappa shape index (κ2) is 9.34. The molecule has 0 aliphatic rings. The number of pyridine rings is 1. The lowest BCUT2D eigenvalue weighted by Crippen LogP contribution is -2.37. The molecule has 0 unspecified atom stereocenters. The van der Waals surface area contributed by atoms with Crippen molar-refractivity contribution in [2.24, 2.45) is 10.7 Å². The van der Waals surface area contributed by atoms with Crippen LogP contribution >= 0.6 is 24.0 Å². The minimum absolute atomic E-state index is 0. The van der Waals surface area contributed by atoms with Crippen LogP contribution in [0.4, 0.5) is 0 Å². The molecule has 2 aromatic heterocycles. The van der Waals surface area contributed by atoms with Gasteiger partial charge in [0.1, 0.15) is 5.69 Å². The molecule has 0 atom stereocenters. The first kappa shape index (κ1) is 18.3. The molecule has 7 nitrogen and oxygen atoms in total. The normalized spacial score (nSPS) is 11.1. The van der Waals surface area contributed by atoms with Crippen LogP contribution in [0.1, 0.15) is 19.7 Å². The average Bonchev–Trinajstić information content (AvgIpc) is 2.98. The van der Waals surface area contributed by atoms with Gasteiger partial charge in [0.2, 0.25) is 0 Å². The standard InChI is InChI=1S/C14H20N6O.HI/c1-3-20(4-2)14(15)17-10-8-12-18-13(21-19-12)11-7-5-6-9-16-11;/h5-7,9H,3-4,8,10H2,1-2H3,(H2,15,17);1H. The quantitative estimate of drug-likeness (QED) is 0.440. The number of nitrogens with zero attached hydrogens (tertiary/aromatic N) is 5. The molecule has 0 fully saturated rings. The van der Waals surface area contributed by atoms with Crippen LogP contribution in [-0.4, -0.2) is 45.6 Å². The molecule has 22 heavy (non-hydrogen) atoms. The van der Waals surface area contributed by atoms with E-state index >= 15 is 0 Å². The number of hydrogen-bond donors (Lipinski definition) is 1. The molecule has 0 aromatic carbocycles. The topological polar surface area (TPSA) is 93.4 Å². The average molecular weight is 416 g/mol. The van der Waals surface area contributed by atoms with Crippen molar-refractivity contribution in [1.29, 1.82) is 0 Å². The first-order valence-electron chi connectivity index (χ1n) is 7.03. The zero-order valence-corrected chi connectivity index (χ0v) is 15.1. The maximum absolute atomic E-state index is 5.90. The van der Waals surface area contributed by atoms with Gasteiger partial charge in [-0.3, -0.25) is 9.98 Å². The number of aliphatic imine (C=N–C) groups is 1. The molecule has 120 valence electrons. The van der Waals surface area contributed by atoms with E-state index in [4.69, 9.17) is 10.3 Å². The lowest BCUT2D eigenvalue weighted by molar-refractivity contribution is 0.421. The Morgan fingerprint density at radius 1 is 1.32 bits per heavy atom. The van der Waals surface area contributed by atoms with Gasteiger partial charge < -0.3 is 15.2 Å². The molecule has 8 heteroatoms. The van der Waals surface area contributed by atoms with Gasteiger partial charge in [0, 0.05) is 32.3 Å². The number of halogens is 1. The third-order valence-electron chi connectivity index (χ3n) is 3.05. The summed E-state index contributed by atoms with van der Waals surface area (Å²) < 4.78 is 5.18. The predicted octanol–water partition coefficient (Wildman–Crippen LogP) is 1.95. The minimum atomic E-state index is 0. The van der Waals surface area contributed by atoms with Crippen LogP contribution < -0.4 is 5.73 Å². The van der Waals surface area contributed by atoms with E-state index in [2.05, 4.69) is 20.1 Å². The molecular formula is C14H21IN6O. The highest BCUT2D eigenvalue weighted by molar-refractivity contribution is 14.0. The molecule has 2 aromatic rings. The number of nitrogens with two attached hydrogens (primary N) is 1. The fourth-order valence-electron chi connectivity index (χ4n) is 1.87. The van der Waals surface area contributed by atoms with Crippen molar-refractivity contribution >= 4 is 29.9 Å². The van der Waals surface area contributed by atoms with E-state index in [1.54, 1.807) is 6.20 Å². The van der Waals surface area contributed by atoms with Crippen molar-refractivity contribution in [3.8, 4) is 11.6 Å². The highest BCUT2D eigenvalue weighted by Gasteiger charge is 2.09. The molecule has 0 spiro atoms. The summed E-state index contributed by atoms with van der Waals surface area (Å²) in [6.07, 6.45) is 2.27. The first-order valence-corrected chi connectivity index (χ1v) is 7.03. The third-order valence-corrected chi connectivity index (χ3v) is 3.05. The van der Waals surface area contributed by atoms with Crippen molar-refractivity contribution in [2.45, 2.75) is 20.3 Å². The van der Waals surface area contributed by atoms with Gasteiger partial charge in [-0.1, -0.05) is 11.2 Å². The summed E-state index contributed by atoms with van der Waals surface area (Å²) in [6.45, 7) is 6.31. The van der Waals surface area contributed by atoms with E-state index in [1.165, 1.54) is 0 Å². The number of guanidine groups is 1. The highest BCUT2D eigenvalue weighted by Crippen LogP contribution is 2.13. The Bertz CT molecular complexity index is 582. The van der Waals surface area contributed by atoms with Crippen molar-refractivity contribution < 1.29 is 4.52 Å². The molecule has 0 amide bonds. The van der Waals surface area contributed by atoms with Gasteiger partial charge in [-0.25, -0.2) is 0 Å². The zero-order valence-electron chi connectivity index (χ0n) is 12.8. The summed E-state index contributed by atoms with van der Waals surface area (Å²) in [6, 6.07) is 5.54. The molecule has 0 radical (unpaired) electrons. The maximum atomic E-state index is 5.90. The Balaban J connectivity index is 0.00000242. The Labute approximate surface area is 147 Å². The van der Waals surface area contributed by atoms with E-state index in [0.717, 1.165) is 13.1 Å². The maximum Gasteiger partial charge on any atom is 0.276 e. The minimum Gasteiger partial charge on any atom is -0.370 e. The Morgan fingerprint density at radius 2 is 2.09 bits per heavy atom. The van der Waals surface area contributed by atoms with Crippen LogP contribution in [-0.2, 0) is 6.42 Å². The van der Waals surface area contributed by atoms with Crippen LogP contribution in [0.25, 0.3) is 11.6 Å². The van der Waals surface area contributed by atoms with E-state index in [1.807, 2.05) is 36.9 Å². The van der Waals surface area contributed by atoms with E-state index < -0.39 is 0 Å². The Hall–Kier alpha value is -1.71. The fourth-order valence-corrected chi connectivity index (χ4v) is 1.87. The number of aromatic nitrogens is 3. The van der Waals surface area contributed by atoms with Gasteiger partial charge in [-0.2, -0.15) is 4.98 Å². The summed E-state index contributed by atoms with van der Waals surface area (Å²) in [5.41, 5.74) is 6.57. The molecule has 2 N–H and O–H groups in total. The molecule has 0 aliphatic heterocycles. The fraction of sp³-hybridized carbons (Fsp3) is 0.429. The number of rotatable bonds is 6. The van der Waals surface area contributed by atoms with Crippen molar-refractivity contribution in [3.63, 3.8) is 0 Å². The molecule has 0 aliphatic carbocycles. The third kappa shape index (κ3) is 4.93. The van der Waals surface area contributed by atoms with Gasteiger partial charge in [0.25, 0.3) is 5.89 Å².